The van der Waals surface area contributed by atoms with E-state index in [0.29, 0.717) is 0 Å². The topological polar surface area (TPSA) is 84.3 Å². The third-order valence-corrected chi connectivity index (χ3v) is 1.85. The van der Waals surface area contributed by atoms with Gasteiger partial charge >= 0.3 is 5.97 Å². The molecule has 2 rings (SSSR count). The lowest BCUT2D eigenvalue weighted by molar-refractivity contribution is -0.141. The van der Waals surface area contributed by atoms with Gasteiger partial charge in [-0.15, -0.1) is 0 Å². The maximum Gasteiger partial charge on any atom is 0.332 e. The first-order valence-corrected chi connectivity index (χ1v) is 4.57. The molecule has 6 heteroatoms. The Hall–Kier alpha value is -2.21. The fraction of sp³-hybridized carbons (Fsp3) is 0.100. The third kappa shape index (κ3) is 2.43. The van der Waals surface area contributed by atoms with Gasteiger partial charge in [0.15, 0.2) is 6.61 Å². The van der Waals surface area contributed by atoms with Gasteiger partial charge < -0.3 is 5.11 Å². The summed E-state index contributed by atoms with van der Waals surface area (Å²) in [7, 11) is 0. The van der Waals surface area contributed by atoms with Crippen molar-refractivity contribution in [3.63, 3.8) is 0 Å². The molecule has 0 spiro atoms. The molecule has 6 nitrogen and oxygen atoms in total. The van der Waals surface area contributed by atoms with E-state index in [2.05, 4.69) is 20.3 Å². The maximum absolute atomic E-state index is 10.2. The van der Waals surface area contributed by atoms with Crippen LogP contribution in [0, 0.1) is 0 Å². The van der Waals surface area contributed by atoms with Gasteiger partial charge in [0.1, 0.15) is 0 Å². The number of aliphatic carboxylic acids is 1. The molecule has 0 amide bonds. The smallest absolute Gasteiger partial charge is 0.332 e. The molecule has 0 fully saturated rings. The second-order valence-corrected chi connectivity index (χ2v) is 3.04. The van der Waals surface area contributed by atoms with Crippen LogP contribution < -0.4 is 5.48 Å². The monoisotopic (exact) mass is 219 g/mol. The van der Waals surface area contributed by atoms with Crippen molar-refractivity contribution in [2.75, 3.05) is 12.1 Å². The van der Waals surface area contributed by atoms with Crippen LogP contribution in [0.5, 0.6) is 0 Å². The van der Waals surface area contributed by atoms with Crippen molar-refractivity contribution in [2.24, 2.45) is 0 Å². The Morgan fingerprint density at radius 2 is 2.25 bits per heavy atom. The molecule has 0 aliphatic rings. The summed E-state index contributed by atoms with van der Waals surface area (Å²) in [6.07, 6.45) is 1.63. The first-order valence-electron chi connectivity index (χ1n) is 4.57. The molecule has 0 atom stereocenters. The summed E-state index contributed by atoms with van der Waals surface area (Å²) in [5.74, 6) is -0.826. The number of fused-ring (bicyclic) bond motifs is 1. The Morgan fingerprint density at radius 1 is 1.44 bits per heavy atom. The molecule has 2 N–H and O–H groups in total. The normalized spacial score (nSPS) is 10.2. The number of nitrogens with one attached hydrogen (secondary N) is 1. The summed E-state index contributed by atoms with van der Waals surface area (Å²) < 4.78 is 0. The Labute approximate surface area is 90.9 Å². The predicted molar refractivity (Wildman–Crippen MR) is 56.7 cm³/mol. The Bertz CT molecular complexity index is 515. The average molecular weight is 219 g/mol. The zero-order valence-corrected chi connectivity index (χ0v) is 8.25. The van der Waals surface area contributed by atoms with Crippen molar-refractivity contribution in [1.29, 1.82) is 0 Å². The second-order valence-electron chi connectivity index (χ2n) is 3.04. The highest BCUT2D eigenvalue weighted by atomic mass is 16.7. The number of carbonyl (C=O) groups is 1. The minimum Gasteiger partial charge on any atom is -0.479 e. The van der Waals surface area contributed by atoms with E-state index in [1.165, 1.54) is 0 Å². The Balaban J connectivity index is 2.10. The molecule has 0 unspecified atom stereocenters. The second kappa shape index (κ2) is 4.54. The van der Waals surface area contributed by atoms with E-state index in [4.69, 9.17) is 5.11 Å². The van der Waals surface area contributed by atoms with Gasteiger partial charge in [0.2, 0.25) is 5.95 Å². The molecule has 0 bridgehead atoms. The molecule has 0 aliphatic carbocycles. The largest absolute Gasteiger partial charge is 0.479 e. The van der Waals surface area contributed by atoms with Crippen molar-refractivity contribution in [1.82, 2.24) is 9.97 Å². The molecule has 0 radical (unpaired) electrons. The molecule has 1 aromatic carbocycles. The quantitative estimate of drug-likeness (QED) is 0.748. The SMILES string of the molecule is O=C(O)CONc1ncc2ccccc2n1. The Morgan fingerprint density at radius 3 is 3.06 bits per heavy atom. The molecule has 0 saturated carbocycles. The highest BCUT2D eigenvalue weighted by molar-refractivity contribution is 5.78. The van der Waals surface area contributed by atoms with E-state index in [-0.39, 0.29) is 5.95 Å². The van der Waals surface area contributed by atoms with E-state index in [1.807, 2.05) is 24.3 Å². The van der Waals surface area contributed by atoms with Crippen molar-refractivity contribution >= 4 is 22.8 Å². The van der Waals surface area contributed by atoms with Gasteiger partial charge in [0.25, 0.3) is 0 Å². The highest BCUT2D eigenvalue weighted by Gasteiger charge is 2.00. The van der Waals surface area contributed by atoms with E-state index in [1.54, 1.807) is 6.20 Å². The van der Waals surface area contributed by atoms with Gasteiger partial charge in [-0.05, 0) is 6.07 Å². The number of para-hydroxylation sites is 1. The maximum atomic E-state index is 10.2. The van der Waals surface area contributed by atoms with E-state index < -0.39 is 12.6 Å². The summed E-state index contributed by atoms with van der Waals surface area (Å²) in [5.41, 5.74) is 3.13. The van der Waals surface area contributed by atoms with Gasteiger partial charge in [0.05, 0.1) is 5.52 Å². The van der Waals surface area contributed by atoms with E-state index >= 15 is 0 Å². The molecule has 0 saturated heterocycles. The Kier molecular flexibility index (Phi) is 2.93. The van der Waals surface area contributed by atoms with Gasteiger partial charge in [-0.3, -0.25) is 4.84 Å². The van der Waals surface area contributed by atoms with Crippen LogP contribution in [0.1, 0.15) is 0 Å². The third-order valence-electron chi connectivity index (χ3n) is 1.85. The lowest BCUT2D eigenvalue weighted by atomic mass is 10.2. The van der Waals surface area contributed by atoms with Crippen LogP contribution in [0.25, 0.3) is 10.9 Å². The van der Waals surface area contributed by atoms with Crippen LogP contribution in [0.15, 0.2) is 30.5 Å². The number of hydrogen-bond acceptors (Lipinski definition) is 5. The number of nitrogens with zero attached hydrogens (tertiary/aromatic N) is 2. The number of aromatic nitrogens is 2. The minimum atomic E-state index is -1.06. The first kappa shape index (κ1) is 10.3. The zero-order valence-electron chi connectivity index (χ0n) is 8.25. The van der Waals surface area contributed by atoms with Crippen LogP contribution in [-0.2, 0) is 9.63 Å². The van der Waals surface area contributed by atoms with E-state index in [0.717, 1.165) is 10.9 Å². The van der Waals surface area contributed by atoms with Crippen LogP contribution in [0.3, 0.4) is 0 Å². The fourth-order valence-electron chi connectivity index (χ4n) is 1.18. The van der Waals surface area contributed by atoms with Crippen LogP contribution in [-0.4, -0.2) is 27.7 Å². The lowest BCUT2D eigenvalue weighted by Gasteiger charge is -2.03. The molecule has 82 valence electrons. The van der Waals surface area contributed by atoms with Crippen molar-refractivity contribution in [3.05, 3.63) is 30.5 Å². The summed E-state index contributed by atoms with van der Waals surface area (Å²) in [5, 5.41) is 9.27. The molecule has 1 aromatic heterocycles. The zero-order chi connectivity index (χ0) is 11.4. The van der Waals surface area contributed by atoms with Gasteiger partial charge in [0, 0.05) is 11.6 Å². The first-order chi connectivity index (χ1) is 7.75. The highest BCUT2D eigenvalue weighted by Crippen LogP contribution is 2.11. The summed E-state index contributed by atoms with van der Waals surface area (Å²) in [6.45, 7) is -0.448. The predicted octanol–water partition coefficient (Wildman–Crippen LogP) is 1.06. The molecular weight excluding hydrogens is 210 g/mol. The molecule has 0 aliphatic heterocycles. The van der Waals surface area contributed by atoms with Crippen molar-refractivity contribution < 1.29 is 14.7 Å². The fourth-order valence-corrected chi connectivity index (χ4v) is 1.18. The van der Waals surface area contributed by atoms with Crippen LogP contribution >= 0.6 is 0 Å². The summed E-state index contributed by atoms with van der Waals surface area (Å²) in [4.78, 5) is 22.9. The number of anilines is 1. The van der Waals surface area contributed by atoms with Crippen LogP contribution in [0.4, 0.5) is 5.95 Å². The number of benzene rings is 1. The number of carboxylic acid groups (broad SMARTS) is 1. The molecule has 1 heterocycles. The molecular formula is C10H9N3O3. The average Bonchev–Trinajstić information content (AvgIpc) is 2.28. The number of carboxylic acids is 1. The molecule has 16 heavy (non-hydrogen) atoms. The lowest BCUT2D eigenvalue weighted by Crippen LogP contribution is -2.12. The molecule has 2 aromatic rings. The summed E-state index contributed by atoms with van der Waals surface area (Å²) in [6, 6.07) is 7.47. The minimum absolute atomic E-state index is 0.236. The van der Waals surface area contributed by atoms with Crippen molar-refractivity contribution in [3.8, 4) is 0 Å². The standard InChI is InChI=1S/C10H9N3O3/c14-9(15)6-16-13-10-11-5-7-3-1-2-4-8(7)12-10/h1-5H,6H2,(H,14,15)(H,11,12,13). The van der Waals surface area contributed by atoms with Crippen molar-refractivity contribution in [2.45, 2.75) is 0 Å². The van der Waals surface area contributed by atoms with Gasteiger partial charge in [-0.2, -0.15) is 0 Å². The van der Waals surface area contributed by atoms with E-state index in [9.17, 15) is 4.79 Å². The number of rotatable bonds is 4. The van der Waals surface area contributed by atoms with Gasteiger partial charge in [-0.1, -0.05) is 18.2 Å². The van der Waals surface area contributed by atoms with Gasteiger partial charge in [-0.25, -0.2) is 20.2 Å². The van der Waals surface area contributed by atoms with Crippen LogP contribution in [0.2, 0.25) is 0 Å². The number of hydrogen-bond donors (Lipinski definition) is 2. The summed E-state index contributed by atoms with van der Waals surface area (Å²) >= 11 is 0.